The second kappa shape index (κ2) is 12.2. The molecule has 0 spiro atoms. The first-order valence-electron chi connectivity index (χ1n) is 9.74. The van der Waals surface area contributed by atoms with Gasteiger partial charge in [0.25, 0.3) is 5.91 Å². The SMILES string of the molecule is CSCCC(NC(=O)C1CCC(Cl)CC1Cl)C(=O)OCC(=O)NC1CC(C)ON1. The number of hydrogen-bond acceptors (Lipinski definition) is 7. The number of halogens is 2. The topological polar surface area (TPSA) is 106 Å². The fourth-order valence-corrected chi connectivity index (χ4v) is 4.65. The smallest absolute Gasteiger partial charge is 0.329 e. The maximum atomic E-state index is 12.6. The third-order valence-corrected chi connectivity index (χ3v) is 6.44. The van der Waals surface area contributed by atoms with Gasteiger partial charge in [-0.2, -0.15) is 17.2 Å². The van der Waals surface area contributed by atoms with Crippen molar-refractivity contribution in [2.75, 3.05) is 18.6 Å². The molecule has 0 aromatic carbocycles. The van der Waals surface area contributed by atoms with Gasteiger partial charge in [0, 0.05) is 17.2 Å². The Balaban J connectivity index is 1.83. The summed E-state index contributed by atoms with van der Waals surface area (Å²) in [6.45, 7) is 1.45. The molecule has 11 heteroatoms. The molecular formula is C18H29Cl2N3O5S. The van der Waals surface area contributed by atoms with E-state index in [9.17, 15) is 14.4 Å². The molecule has 2 amide bonds. The number of alkyl halides is 2. The number of carbonyl (C=O) groups excluding carboxylic acids is 3. The van der Waals surface area contributed by atoms with E-state index in [2.05, 4.69) is 16.1 Å². The predicted molar refractivity (Wildman–Crippen MR) is 113 cm³/mol. The highest BCUT2D eigenvalue weighted by Gasteiger charge is 2.35. The number of thioether (sulfide) groups is 1. The number of hydrogen-bond donors (Lipinski definition) is 3. The number of nitrogens with one attached hydrogen (secondary N) is 3. The Kier molecular flexibility index (Phi) is 10.3. The normalized spacial score (nSPS) is 30.4. The number of rotatable bonds is 9. The molecule has 0 bridgehead atoms. The summed E-state index contributed by atoms with van der Waals surface area (Å²) in [6.07, 6.45) is 4.45. The van der Waals surface area contributed by atoms with Gasteiger partial charge in [-0.25, -0.2) is 4.79 Å². The Bertz CT molecular complexity index is 586. The molecule has 2 aliphatic rings. The highest BCUT2D eigenvalue weighted by atomic mass is 35.5. The van der Waals surface area contributed by atoms with Crippen LogP contribution in [0.4, 0.5) is 0 Å². The molecule has 6 atom stereocenters. The van der Waals surface area contributed by atoms with Gasteiger partial charge in [-0.15, -0.1) is 23.2 Å². The minimum atomic E-state index is -0.826. The maximum Gasteiger partial charge on any atom is 0.329 e. The molecule has 0 aromatic heterocycles. The van der Waals surface area contributed by atoms with Crippen LogP contribution in [-0.2, 0) is 24.0 Å². The van der Waals surface area contributed by atoms with Crippen molar-refractivity contribution in [2.45, 2.75) is 68.1 Å². The third-order valence-electron chi connectivity index (χ3n) is 4.92. The van der Waals surface area contributed by atoms with Gasteiger partial charge in [-0.05, 0) is 44.6 Å². The molecule has 1 saturated carbocycles. The Morgan fingerprint density at radius 1 is 1.28 bits per heavy atom. The summed E-state index contributed by atoms with van der Waals surface area (Å²) in [6, 6.07) is -0.826. The van der Waals surface area contributed by atoms with Crippen molar-refractivity contribution < 1.29 is 24.0 Å². The zero-order valence-corrected chi connectivity index (χ0v) is 18.9. The average molecular weight is 470 g/mol. The van der Waals surface area contributed by atoms with E-state index in [0.717, 1.165) is 0 Å². The van der Waals surface area contributed by atoms with Gasteiger partial charge in [0.05, 0.1) is 12.0 Å². The van der Waals surface area contributed by atoms with Crippen molar-refractivity contribution in [1.82, 2.24) is 16.1 Å². The minimum absolute atomic E-state index is 0.00591. The van der Waals surface area contributed by atoms with Crippen molar-refractivity contribution in [3.05, 3.63) is 0 Å². The van der Waals surface area contributed by atoms with E-state index in [1.54, 1.807) is 11.8 Å². The molecular weight excluding hydrogens is 441 g/mol. The van der Waals surface area contributed by atoms with Crippen molar-refractivity contribution in [1.29, 1.82) is 0 Å². The van der Waals surface area contributed by atoms with Crippen molar-refractivity contribution in [3.8, 4) is 0 Å². The zero-order valence-electron chi connectivity index (χ0n) is 16.6. The molecule has 6 unspecified atom stereocenters. The Labute approximate surface area is 185 Å². The highest BCUT2D eigenvalue weighted by molar-refractivity contribution is 7.98. The van der Waals surface area contributed by atoms with Crippen LogP contribution in [0.5, 0.6) is 0 Å². The Morgan fingerprint density at radius 3 is 2.66 bits per heavy atom. The lowest BCUT2D eigenvalue weighted by atomic mass is 9.87. The molecule has 1 aliphatic carbocycles. The van der Waals surface area contributed by atoms with Crippen molar-refractivity contribution in [2.24, 2.45) is 5.92 Å². The summed E-state index contributed by atoms with van der Waals surface area (Å²) < 4.78 is 5.13. The van der Waals surface area contributed by atoms with Crippen LogP contribution in [0.3, 0.4) is 0 Å². The van der Waals surface area contributed by atoms with Crippen molar-refractivity contribution >= 4 is 52.7 Å². The maximum absolute atomic E-state index is 12.6. The van der Waals surface area contributed by atoms with E-state index in [0.29, 0.717) is 37.9 Å². The van der Waals surface area contributed by atoms with Crippen LogP contribution in [0, 0.1) is 5.92 Å². The van der Waals surface area contributed by atoms with Crippen LogP contribution in [0.15, 0.2) is 0 Å². The van der Waals surface area contributed by atoms with Crippen LogP contribution in [-0.4, -0.2) is 65.5 Å². The molecule has 1 saturated heterocycles. The molecule has 0 aromatic rings. The molecule has 1 aliphatic heterocycles. The largest absolute Gasteiger partial charge is 0.454 e. The van der Waals surface area contributed by atoms with Crippen LogP contribution < -0.4 is 16.1 Å². The monoisotopic (exact) mass is 469 g/mol. The molecule has 29 heavy (non-hydrogen) atoms. The molecule has 1 heterocycles. The number of carbonyl (C=O) groups is 3. The Morgan fingerprint density at radius 2 is 2.03 bits per heavy atom. The van der Waals surface area contributed by atoms with Gasteiger partial charge in [0.1, 0.15) is 12.2 Å². The minimum Gasteiger partial charge on any atom is -0.454 e. The van der Waals surface area contributed by atoms with E-state index >= 15 is 0 Å². The fourth-order valence-electron chi connectivity index (χ4n) is 3.31. The van der Waals surface area contributed by atoms with Crippen LogP contribution in [0.25, 0.3) is 0 Å². The standard InChI is InChI=1S/C18H29Cl2N3O5S/c1-10-7-15(23-28-10)22-16(24)9-27-18(26)14(5-6-29-2)21-17(25)12-4-3-11(19)8-13(12)20/h10-15,23H,3-9H2,1-2H3,(H,21,25)(H,22,24). The number of esters is 1. The second-order valence-corrected chi connectivity index (χ2v) is 9.55. The van der Waals surface area contributed by atoms with Gasteiger partial charge in [0.15, 0.2) is 6.61 Å². The molecule has 8 nitrogen and oxygen atoms in total. The highest BCUT2D eigenvalue weighted by Crippen LogP contribution is 2.32. The van der Waals surface area contributed by atoms with Gasteiger partial charge < -0.3 is 15.4 Å². The van der Waals surface area contributed by atoms with Gasteiger partial charge >= 0.3 is 5.97 Å². The summed E-state index contributed by atoms with van der Waals surface area (Å²) >= 11 is 14.0. The fraction of sp³-hybridized carbons (Fsp3) is 0.833. The Hall–Kier alpha value is -0.740. The molecule has 3 N–H and O–H groups in total. The van der Waals surface area contributed by atoms with Gasteiger partial charge in [0.2, 0.25) is 5.91 Å². The summed E-state index contributed by atoms with van der Waals surface area (Å²) in [5.74, 6) is -1.09. The number of amides is 2. The van der Waals surface area contributed by atoms with Crippen LogP contribution >= 0.6 is 35.0 Å². The molecule has 2 fully saturated rings. The average Bonchev–Trinajstić information content (AvgIpc) is 3.07. The van der Waals surface area contributed by atoms with Gasteiger partial charge in [-0.1, -0.05) is 0 Å². The van der Waals surface area contributed by atoms with E-state index in [-0.39, 0.29) is 28.9 Å². The van der Waals surface area contributed by atoms with Crippen LogP contribution in [0.2, 0.25) is 0 Å². The van der Waals surface area contributed by atoms with Gasteiger partial charge in [-0.3, -0.25) is 14.4 Å². The number of hydroxylamine groups is 1. The van der Waals surface area contributed by atoms with E-state index in [1.807, 2.05) is 13.2 Å². The zero-order chi connectivity index (χ0) is 21.4. The predicted octanol–water partition coefficient (Wildman–Crippen LogP) is 1.54. The first-order chi connectivity index (χ1) is 13.8. The summed E-state index contributed by atoms with van der Waals surface area (Å²) in [5.41, 5.74) is 2.69. The molecule has 166 valence electrons. The lowest BCUT2D eigenvalue weighted by Gasteiger charge is -2.30. The summed E-state index contributed by atoms with van der Waals surface area (Å²) in [7, 11) is 0. The molecule has 2 rings (SSSR count). The summed E-state index contributed by atoms with van der Waals surface area (Å²) in [4.78, 5) is 42.2. The van der Waals surface area contributed by atoms with Crippen LogP contribution in [0.1, 0.15) is 39.0 Å². The summed E-state index contributed by atoms with van der Waals surface area (Å²) in [5, 5.41) is 5.04. The first-order valence-corrected chi connectivity index (χ1v) is 12.0. The molecule has 0 radical (unpaired) electrons. The first kappa shape index (κ1) is 24.5. The van der Waals surface area contributed by atoms with E-state index in [4.69, 9.17) is 32.8 Å². The lowest BCUT2D eigenvalue weighted by Crippen LogP contribution is -2.48. The second-order valence-electron chi connectivity index (χ2n) is 7.39. The lowest BCUT2D eigenvalue weighted by molar-refractivity contribution is -0.152. The number of ether oxygens (including phenoxy) is 1. The van der Waals surface area contributed by atoms with E-state index < -0.39 is 30.4 Å². The quantitative estimate of drug-likeness (QED) is 0.347. The third kappa shape index (κ3) is 8.13. The van der Waals surface area contributed by atoms with Crippen molar-refractivity contribution in [3.63, 3.8) is 0 Å². The van der Waals surface area contributed by atoms with E-state index in [1.165, 1.54) is 0 Å².